The van der Waals surface area contributed by atoms with E-state index in [0.29, 0.717) is 17.1 Å². The number of rotatable bonds is 2. The molecule has 0 radical (unpaired) electrons. The van der Waals surface area contributed by atoms with Gasteiger partial charge >= 0.3 is 0 Å². The van der Waals surface area contributed by atoms with Crippen molar-refractivity contribution in [3.63, 3.8) is 0 Å². The predicted octanol–water partition coefficient (Wildman–Crippen LogP) is 1.34. The van der Waals surface area contributed by atoms with E-state index in [9.17, 15) is 13.2 Å². The Labute approximate surface area is 117 Å². The molecule has 2 rings (SSSR count). The van der Waals surface area contributed by atoms with Gasteiger partial charge in [0.05, 0.1) is 28.5 Å². The van der Waals surface area contributed by atoms with Crippen LogP contribution in [-0.4, -0.2) is 37.2 Å². The van der Waals surface area contributed by atoms with Crippen LogP contribution in [0.5, 0.6) is 0 Å². The van der Waals surface area contributed by atoms with Crippen LogP contribution >= 0.6 is 11.6 Å². The van der Waals surface area contributed by atoms with E-state index in [4.69, 9.17) is 16.0 Å². The van der Waals surface area contributed by atoms with Crippen molar-refractivity contribution in [3.8, 4) is 0 Å². The quantitative estimate of drug-likeness (QED) is 0.837. The number of sulfone groups is 1. The fourth-order valence-electron chi connectivity index (χ4n) is 2.30. The Morgan fingerprint density at radius 1 is 1.26 bits per heavy atom. The number of aryl methyl sites for hydroxylation is 2. The van der Waals surface area contributed by atoms with Crippen molar-refractivity contribution in [1.82, 2.24) is 5.32 Å². The molecule has 2 unspecified atom stereocenters. The molecular weight excluding hydrogens is 290 g/mol. The largest absolute Gasteiger partial charge is 0.466 e. The molecule has 0 bridgehead atoms. The first-order valence-corrected chi connectivity index (χ1v) is 8.19. The normalized spacial score (nSPS) is 25.5. The van der Waals surface area contributed by atoms with Crippen molar-refractivity contribution in [2.75, 3.05) is 11.5 Å². The minimum Gasteiger partial charge on any atom is -0.466 e. The molecule has 7 heteroatoms. The van der Waals surface area contributed by atoms with Crippen LogP contribution in [0.25, 0.3) is 0 Å². The van der Waals surface area contributed by atoms with Gasteiger partial charge in [-0.05, 0) is 20.8 Å². The molecule has 1 aliphatic rings. The van der Waals surface area contributed by atoms with Crippen molar-refractivity contribution in [2.45, 2.75) is 32.2 Å². The van der Waals surface area contributed by atoms with Gasteiger partial charge < -0.3 is 9.73 Å². The smallest absolute Gasteiger partial charge is 0.255 e. The Kier molecular flexibility index (Phi) is 3.66. The van der Waals surface area contributed by atoms with Crippen molar-refractivity contribution in [3.05, 3.63) is 22.6 Å². The number of halogens is 1. The highest BCUT2D eigenvalue weighted by molar-refractivity contribution is 7.91. The highest BCUT2D eigenvalue weighted by Gasteiger charge is 2.38. The summed E-state index contributed by atoms with van der Waals surface area (Å²) in [6.07, 6.45) is 0. The van der Waals surface area contributed by atoms with Crippen LogP contribution < -0.4 is 5.32 Å². The van der Waals surface area contributed by atoms with Crippen LogP contribution in [0.4, 0.5) is 0 Å². The van der Waals surface area contributed by atoms with E-state index < -0.39 is 21.3 Å². The summed E-state index contributed by atoms with van der Waals surface area (Å²) < 4.78 is 28.3. The first-order valence-electron chi connectivity index (χ1n) is 5.93. The maximum atomic E-state index is 12.2. The van der Waals surface area contributed by atoms with Crippen molar-refractivity contribution in [1.29, 1.82) is 0 Å². The summed E-state index contributed by atoms with van der Waals surface area (Å²) in [5.74, 6) is 0.673. The van der Waals surface area contributed by atoms with E-state index in [2.05, 4.69) is 5.32 Å². The number of alkyl halides is 1. The minimum atomic E-state index is -3.16. The molecule has 1 N–H and O–H groups in total. The number of amides is 1. The van der Waals surface area contributed by atoms with Gasteiger partial charge in [-0.15, -0.1) is 11.6 Å². The molecule has 0 saturated carbocycles. The molecule has 1 aliphatic heterocycles. The van der Waals surface area contributed by atoms with Crippen molar-refractivity contribution in [2.24, 2.45) is 0 Å². The molecule has 1 saturated heterocycles. The van der Waals surface area contributed by atoms with Gasteiger partial charge in [-0.25, -0.2) is 8.42 Å². The standard InChI is InChI=1S/C12H16ClNO4S/c1-6-7(2)18-8(3)11(6)12(15)14-10-5-19(16,17)4-9(10)13/h9-10H,4-5H2,1-3H3,(H,14,15). The lowest BCUT2D eigenvalue weighted by molar-refractivity contribution is 0.0939. The second-order valence-electron chi connectivity index (χ2n) is 4.89. The molecule has 0 aromatic carbocycles. The predicted molar refractivity (Wildman–Crippen MR) is 72.5 cm³/mol. The Morgan fingerprint density at radius 2 is 1.89 bits per heavy atom. The summed E-state index contributed by atoms with van der Waals surface area (Å²) in [6, 6.07) is -0.548. The average molecular weight is 306 g/mol. The highest BCUT2D eigenvalue weighted by Crippen LogP contribution is 2.22. The van der Waals surface area contributed by atoms with Crippen LogP contribution in [0, 0.1) is 20.8 Å². The third kappa shape index (κ3) is 2.79. The molecule has 1 amide bonds. The van der Waals surface area contributed by atoms with Gasteiger partial charge in [0.1, 0.15) is 11.5 Å². The second kappa shape index (κ2) is 4.83. The number of hydrogen-bond donors (Lipinski definition) is 1. The Bertz CT molecular complexity index is 620. The molecule has 1 aromatic heterocycles. The van der Waals surface area contributed by atoms with Crippen molar-refractivity contribution < 1.29 is 17.6 Å². The molecule has 19 heavy (non-hydrogen) atoms. The Balaban J connectivity index is 2.18. The monoisotopic (exact) mass is 305 g/mol. The zero-order valence-corrected chi connectivity index (χ0v) is 12.6. The number of furan rings is 1. The van der Waals surface area contributed by atoms with Gasteiger partial charge in [0.2, 0.25) is 0 Å². The van der Waals surface area contributed by atoms with Crippen LogP contribution in [0.15, 0.2) is 4.42 Å². The lowest BCUT2D eigenvalue weighted by Crippen LogP contribution is -2.41. The van der Waals surface area contributed by atoms with Crippen LogP contribution in [0.3, 0.4) is 0 Å². The third-order valence-corrected chi connectivity index (χ3v) is 5.76. The van der Waals surface area contributed by atoms with Gasteiger partial charge in [-0.3, -0.25) is 4.79 Å². The lowest BCUT2D eigenvalue weighted by atomic mass is 10.1. The molecule has 1 aromatic rings. The Hall–Kier alpha value is -1.01. The molecule has 106 valence electrons. The molecule has 2 atom stereocenters. The van der Waals surface area contributed by atoms with Crippen LogP contribution in [0.1, 0.15) is 27.4 Å². The molecule has 2 heterocycles. The van der Waals surface area contributed by atoms with Crippen LogP contribution in [0.2, 0.25) is 0 Å². The summed E-state index contributed by atoms with van der Waals surface area (Å²) in [4.78, 5) is 12.2. The van der Waals surface area contributed by atoms with Crippen LogP contribution in [-0.2, 0) is 9.84 Å². The fourth-order valence-corrected chi connectivity index (χ4v) is 4.85. The van der Waals surface area contributed by atoms with Gasteiger partial charge in [0.25, 0.3) is 5.91 Å². The second-order valence-corrected chi connectivity index (χ2v) is 7.60. The van der Waals surface area contributed by atoms with E-state index in [1.807, 2.05) is 0 Å². The third-order valence-electron chi connectivity index (χ3n) is 3.39. The van der Waals surface area contributed by atoms with Gasteiger partial charge in [-0.1, -0.05) is 0 Å². The zero-order chi connectivity index (χ0) is 14.4. The maximum Gasteiger partial charge on any atom is 0.255 e. The SMILES string of the molecule is Cc1oc(C)c(C(=O)NC2CS(=O)(=O)CC2Cl)c1C. The topological polar surface area (TPSA) is 76.4 Å². The number of nitrogens with one attached hydrogen (secondary N) is 1. The summed E-state index contributed by atoms with van der Waals surface area (Å²) in [7, 11) is -3.16. The molecule has 0 aliphatic carbocycles. The summed E-state index contributed by atoms with van der Waals surface area (Å²) in [5, 5.41) is 2.10. The van der Waals surface area contributed by atoms with Crippen molar-refractivity contribution >= 4 is 27.3 Å². The summed E-state index contributed by atoms with van der Waals surface area (Å²) >= 11 is 5.96. The highest BCUT2D eigenvalue weighted by atomic mass is 35.5. The zero-order valence-electron chi connectivity index (χ0n) is 11.0. The summed E-state index contributed by atoms with van der Waals surface area (Å²) in [6.45, 7) is 5.28. The lowest BCUT2D eigenvalue weighted by Gasteiger charge is -2.14. The van der Waals surface area contributed by atoms with E-state index in [-0.39, 0.29) is 17.4 Å². The van der Waals surface area contributed by atoms with E-state index in [1.165, 1.54) is 0 Å². The molecule has 0 spiro atoms. The minimum absolute atomic E-state index is 0.0954. The number of hydrogen-bond acceptors (Lipinski definition) is 4. The number of carbonyl (C=O) groups is 1. The van der Waals surface area contributed by atoms with Gasteiger partial charge in [0.15, 0.2) is 9.84 Å². The van der Waals surface area contributed by atoms with Gasteiger partial charge in [0, 0.05) is 5.56 Å². The van der Waals surface area contributed by atoms with E-state index >= 15 is 0 Å². The van der Waals surface area contributed by atoms with E-state index in [0.717, 1.165) is 5.56 Å². The number of carbonyl (C=O) groups excluding carboxylic acids is 1. The van der Waals surface area contributed by atoms with Gasteiger partial charge in [-0.2, -0.15) is 0 Å². The average Bonchev–Trinajstić information content (AvgIpc) is 2.64. The molecule has 5 nitrogen and oxygen atoms in total. The maximum absolute atomic E-state index is 12.2. The molecule has 1 fully saturated rings. The van der Waals surface area contributed by atoms with E-state index in [1.54, 1.807) is 20.8 Å². The first-order chi connectivity index (χ1) is 8.71. The first kappa shape index (κ1) is 14.4. The summed E-state index contributed by atoms with van der Waals surface area (Å²) in [5.41, 5.74) is 1.23. The molecular formula is C12H16ClNO4S. The Morgan fingerprint density at radius 3 is 2.32 bits per heavy atom. The fraction of sp³-hybridized carbons (Fsp3) is 0.583.